The van der Waals surface area contributed by atoms with Crippen LogP contribution in [0, 0.1) is 0 Å². The second-order valence-electron chi connectivity index (χ2n) is 6.20. The van der Waals surface area contributed by atoms with Gasteiger partial charge in [0.25, 0.3) is 0 Å². The summed E-state index contributed by atoms with van der Waals surface area (Å²) >= 11 is 1.34. The molecular weight excluding hydrogens is 304 g/mol. The number of likely N-dealkylation sites (tertiary alicyclic amines) is 1. The fourth-order valence-corrected chi connectivity index (χ4v) is 3.16. The summed E-state index contributed by atoms with van der Waals surface area (Å²) in [6.45, 7) is 8.90. The molecule has 1 aromatic rings. The number of rotatable bonds is 3. The monoisotopic (exact) mass is 326 g/mol. The summed E-state index contributed by atoms with van der Waals surface area (Å²) in [5.74, 6) is -0.186. The van der Waals surface area contributed by atoms with Crippen molar-refractivity contribution in [3.05, 3.63) is 16.1 Å². The minimum absolute atomic E-state index is 0.153. The first-order chi connectivity index (χ1) is 10.3. The van der Waals surface area contributed by atoms with Crippen LogP contribution in [0.2, 0.25) is 0 Å². The Bertz CT molecular complexity index is 550. The fraction of sp³-hybridized carbons (Fsp3) is 0.667. The summed E-state index contributed by atoms with van der Waals surface area (Å²) in [4.78, 5) is 30.2. The SMILES string of the molecule is CCOC(=O)c1cnc(C2CCN(C(=O)OC(C)(C)C)C2)s1. The van der Waals surface area contributed by atoms with E-state index >= 15 is 0 Å². The number of carbonyl (C=O) groups is 2. The Morgan fingerprint density at radius 1 is 1.45 bits per heavy atom. The van der Waals surface area contributed by atoms with Gasteiger partial charge in [-0.05, 0) is 34.1 Å². The van der Waals surface area contributed by atoms with E-state index < -0.39 is 5.60 Å². The molecule has 1 atom stereocenters. The van der Waals surface area contributed by atoms with Gasteiger partial charge >= 0.3 is 12.1 Å². The average molecular weight is 326 g/mol. The van der Waals surface area contributed by atoms with Crippen LogP contribution in [0.1, 0.15) is 54.7 Å². The lowest BCUT2D eigenvalue weighted by atomic mass is 10.1. The molecule has 6 nitrogen and oxygen atoms in total. The number of esters is 1. The van der Waals surface area contributed by atoms with Crippen molar-refractivity contribution in [2.75, 3.05) is 19.7 Å². The molecule has 0 aromatic carbocycles. The first-order valence-corrected chi connectivity index (χ1v) is 8.22. The summed E-state index contributed by atoms with van der Waals surface area (Å²) in [5, 5.41) is 0.870. The van der Waals surface area contributed by atoms with Gasteiger partial charge in [0.2, 0.25) is 0 Å². The predicted molar refractivity (Wildman–Crippen MR) is 83.2 cm³/mol. The predicted octanol–water partition coefficient (Wildman–Crippen LogP) is 3.04. The second kappa shape index (κ2) is 6.64. The van der Waals surface area contributed by atoms with Crippen LogP contribution in [0.4, 0.5) is 4.79 Å². The van der Waals surface area contributed by atoms with Crippen LogP contribution >= 0.6 is 11.3 Å². The van der Waals surface area contributed by atoms with Gasteiger partial charge in [0.15, 0.2) is 0 Å². The molecule has 1 fully saturated rings. The zero-order valence-corrected chi connectivity index (χ0v) is 14.2. The summed E-state index contributed by atoms with van der Waals surface area (Å²) in [6, 6.07) is 0. The first kappa shape index (κ1) is 16.7. The van der Waals surface area contributed by atoms with Gasteiger partial charge < -0.3 is 14.4 Å². The van der Waals surface area contributed by atoms with E-state index in [1.54, 1.807) is 18.0 Å². The van der Waals surface area contributed by atoms with E-state index in [-0.39, 0.29) is 18.0 Å². The Labute approximate surface area is 134 Å². The molecular formula is C15H22N2O4S. The van der Waals surface area contributed by atoms with Crippen molar-refractivity contribution in [3.63, 3.8) is 0 Å². The van der Waals surface area contributed by atoms with Gasteiger partial charge in [-0.25, -0.2) is 14.6 Å². The average Bonchev–Trinajstić information content (AvgIpc) is 3.06. The number of aromatic nitrogens is 1. The normalized spacial score (nSPS) is 18.4. The maximum absolute atomic E-state index is 12.0. The number of amides is 1. The van der Waals surface area contributed by atoms with Crippen LogP contribution in [0.5, 0.6) is 0 Å². The van der Waals surface area contributed by atoms with Gasteiger partial charge in [0, 0.05) is 19.0 Å². The molecule has 1 amide bonds. The third kappa shape index (κ3) is 4.19. The molecule has 1 aliphatic heterocycles. The number of carbonyl (C=O) groups excluding carboxylic acids is 2. The molecule has 0 aliphatic carbocycles. The molecule has 1 aromatic heterocycles. The maximum atomic E-state index is 12.0. The largest absolute Gasteiger partial charge is 0.462 e. The van der Waals surface area contributed by atoms with Crippen molar-refractivity contribution in [1.82, 2.24) is 9.88 Å². The van der Waals surface area contributed by atoms with Crippen molar-refractivity contribution in [2.24, 2.45) is 0 Å². The lowest BCUT2D eigenvalue weighted by molar-refractivity contribution is 0.0292. The molecule has 22 heavy (non-hydrogen) atoms. The Morgan fingerprint density at radius 3 is 2.82 bits per heavy atom. The highest BCUT2D eigenvalue weighted by Gasteiger charge is 2.32. The Kier molecular flexibility index (Phi) is 5.05. The molecule has 2 heterocycles. The van der Waals surface area contributed by atoms with Gasteiger partial charge in [0.05, 0.1) is 17.8 Å². The van der Waals surface area contributed by atoms with Crippen LogP contribution in [0.15, 0.2) is 6.20 Å². The van der Waals surface area contributed by atoms with E-state index in [0.29, 0.717) is 24.6 Å². The van der Waals surface area contributed by atoms with Crippen molar-refractivity contribution in [1.29, 1.82) is 0 Å². The lowest BCUT2D eigenvalue weighted by Crippen LogP contribution is -2.35. The van der Waals surface area contributed by atoms with E-state index in [2.05, 4.69) is 4.98 Å². The van der Waals surface area contributed by atoms with Crippen LogP contribution in [-0.2, 0) is 9.47 Å². The molecule has 1 aliphatic rings. The third-order valence-corrected chi connectivity index (χ3v) is 4.33. The van der Waals surface area contributed by atoms with Crippen molar-refractivity contribution in [3.8, 4) is 0 Å². The molecule has 0 bridgehead atoms. The molecule has 0 spiro atoms. The number of ether oxygens (including phenoxy) is 2. The van der Waals surface area contributed by atoms with E-state index in [4.69, 9.17) is 9.47 Å². The first-order valence-electron chi connectivity index (χ1n) is 7.41. The van der Waals surface area contributed by atoms with Gasteiger partial charge in [0.1, 0.15) is 10.5 Å². The van der Waals surface area contributed by atoms with Gasteiger partial charge in [-0.3, -0.25) is 0 Å². The standard InChI is InChI=1S/C15H22N2O4S/c1-5-20-13(18)11-8-16-12(22-11)10-6-7-17(9-10)14(19)21-15(2,3)4/h8,10H,5-7,9H2,1-4H3. The zero-order valence-electron chi connectivity index (χ0n) is 13.4. The van der Waals surface area contributed by atoms with Crippen LogP contribution < -0.4 is 0 Å². The minimum atomic E-state index is -0.493. The van der Waals surface area contributed by atoms with Crippen LogP contribution in [-0.4, -0.2) is 47.2 Å². The number of hydrogen-bond acceptors (Lipinski definition) is 6. The second-order valence-corrected chi connectivity index (χ2v) is 7.26. The highest BCUT2D eigenvalue weighted by Crippen LogP contribution is 2.31. The summed E-state index contributed by atoms with van der Waals surface area (Å²) in [5.41, 5.74) is -0.493. The number of nitrogens with zero attached hydrogens (tertiary/aromatic N) is 2. The van der Waals surface area contributed by atoms with Gasteiger partial charge in [-0.2, -0.15) is 0 Å². The zero-order chi connectivity index (χ0) is 16.3. The molecule has 0 saturated carbocycles. The quantitative estimate of drug-likeness (QED) is 0.799. The summed E-state index contributed by atoms with van der Waals surface area (Å²) in [6.07, 6.45) is 2.08. The Morgan fingerprint density at radius 2 is 2.18 bits per heavy atom. The molecule has 7 heteroatoms. The number of thiazole rings is 1. The topological polar surface area (TPSA) is 68.7 Å². The molecule has 1 saturated heterocycles. The highest BCUT2D eigenvalue weighted by molar-refractivity contribution is 7.13. The van der Waals surface area contributed by atoms with Crippen LogP contribution in [0.25, 0.3) is 0 Å². The van der Waals surface area contributed by atoms with Crippen LogP contribution in [0.3, 0.4) is 0 Å². The summed E-state index contributed by atoms with van der Waals surface area (Å²) in [7, 11) is 0. The van der Waals surface area contributed by atoms with Crippen molar-refractivity contribution in [2.45, 2.75) is 45.6 Å². The molecule has 0 N–H and O–H groups in total. The lowest BCUT2D eigenvalue weighted by Gasteiger charge is -2.24. The highest BCUT2D eigenvalue weighted by atomic mass is 32.1. The fourth-order valence-electron chi connectivity index (χ4n) is 2.23. The van der Waals surface area contributed by atoms with E-state index in [1.165, 1.54) is 11.3 Å². The third-order valence-electron chi connectivity index (χ3n) is 3.19. The Balaban J connectivity index is 1.96. The smallest absolute Gasteiger partial charge is 0.410 e. The maximum Gasteiger partial charge on any atom is 0.410 e. The molecule has 1 unspecified atom stereocenters. The number of hydrogen-bond donors (Lipinski definition) is 0. The minimum Gasteiger partial charge on any atom is -0.462 e. The van der Waals surface area contributed by atoms with Crippen molar-refractivity contribution >= 4 is 23.4 Å². The van der Waals surface area contributed by atoms with Crippen molar-refractivity contribution < 1.29 is 19.1 Å². The van der Waals surface area contributed by atoms with E-state index in [9.17, 15) is 9.59 Å². The molecule has 2 rings (SSSR count). The summed E-state index contributed by atoms with van der Waals surface area (Å²) < 4.78 is 10.3. The Hall–Kier alpha value is -1.63. The molecule has 0 radical (unpaired) electrons. The van der Waals surface area contributed by atoms with E-state index in [1.807, 2.05) is 20.8 Å². The van der Waals surface area contributed by atoms with Gasteiger partial charge in [-0.1, -0.05) is 0 Å². The molecule has 122 valence electrons. The van der Waals surface area contributed by atoms with E-state index in [0.717, 1.165) is 11.4 Å². The van der Waals surface area contributed by atoms with Gasteiger partial charge in [-0.15, -0.1) is 11.3 Å².